The van der Waals surface area contributed by atoms with Crippen LogP contribution in [0.5, 0.6) is 0 Å². The highest BCUT2D eigenvalue weighted by Gasteiger charge is 2.20. The lowest BCUT2D eigenvalue weighted by Gasteiger charge is -2.23. The number of alkyl halides is 1. The molecule has 0 saturated carbocycles. The number of halogens is 1. The molecule has 0 fully saturated rings. The van der Waals surface area contributed by atoms with Crippen molar-refractivity contribution in [2.24, 2.45) is 0 Å². The van der Waals surface area contributed by atoms with Crippen LogP contribution in [0.1, 0.15) is 37.4 Å². The van der Waals surface area contributed by atoms with Gasteiger partial charge in [0.15, 0.2) is 5.50 Å². The summed E-state index contributed by atoms with van der Waals surface area (Å²) in [5.41, 5.74) is 0.916. The molecule has 2 aromatic carbocycles. The summed E-state index contributed by atoms with van der Waals surface area (Å²) >= 11 is 1.28. The van der Waals surface area contributed by atoms with Crippen LogP contribution in [0.3, 0.4) is 0 Å². The van der Waals surface area contributed by atoms with E-state index >= 15 is 0 Å². The largest absolute Gasteiger partial charge is 0.230 e. The highest BCUT2D eigenvalue weighted by molar-refractivity contribution is 7.99. The Hall–Kier alpha value is -1.28. The molecule has 1 unspecified atom stereocenters. The molecule has 0 nitrogen and oxygen atoms in total. The minimum atomic E-state index is -1.02. The van der Waals surface area contributed by atoms with E-state index in [4.69, 9.17) is 0 Å². The molecule has 0 bridgehead atoms. The molecule has 0 aliphatic heterocycles. The van der Waals surface area contributed by atoms with Gasteiger partial charge in [-0.05, 0) is 22.6 Å². The third-order valence-corrected chi connectivity index (χ3v) is 4.08. The third kappa shape index (κ3) is 3.60. The van der Waals surface area contributed by atoms with Crippen molar-refractivity contribution < 1.29 is 4.39 Å². The Morgan fingerprint density at radius 1 is 0.895 bits per heavy atom. The molecule has 19 heavy (non-hydrogen) atoms. The van der Waals surface area contributed by atoms with Crippen molar-refractivity contribution >= 4 is 11.8 Å². The van der Waals surface area contributed by atoms with Crippen molar-refractivity contribution in [3.05, 3.63) is 65.7 Å². The second-order valence-corrected chi connectivity index (χ2v) is 6.68. The first-order valence-electron chi connectivity index (χ1n) is 6.43. The second kappa shape index (κ2) is 5.79. The van der Waals surface area contributed by atoms with Crippen LogP contribution < -0.4 is 0 Å². The van der Waals surface area contributed by atoms with Crippen molar-refractivity contribution in [3.8, 4) is 0 Å². The number of hydrogen-bond donors (Lipinski definition) is 0. The van der Waals surface area contributed by atoms with Gasteiger partial charge in [0.05, 0.1) is 0 Å². The fraction of sp³-hybridized carbons (Fsp3) is 0.294. The van der Waals surface area contributed by atoms with Crippen molar-refractivity contribution in [2.45, 2.75) is 36.6 Å². The number of hydrogen-bond acceptors (Lipinski definition) is 1. The van der Waals surface area contributed by atoms with Gasteiger partial charge >= 0.3 is 0 Å². The average molecular weight is 274 g/mol. The van der Waals surface area contributed by atoms with E-state index in [1.165, 1.54) is 17.3 Å². The van der Waals surface area contributed by atoms with Crippen molar-refractivity contribution in [3.63, 3.8) is 0 Å². The molecular weight excluding hydrogens is 255 g/mol. The van der Waals surface area contributed by atoms with Gasteiger partial charge in [0, 0.05) is 4.90 Å². The molecule has 2 aromatic rings. The lowest BCUT2D eigenvalue weighted by molar-refractivity contribution is 0.468. The van der Waals surface area contributed by atoms with E-state index < -0.39 is 5.50 Å². The maximum Gasteiger partial charge on any atom is 0.175 e. The van der Waals surface area contributed by atoms with Crippen LogP contribution in [0.15, 0.2) is 59.5 Å². The molecule has 0 spiro atoms. The predicted molar refractivity (Wildman–Crippen MR) is 81.3 cm³/mol. The molecule has 0 heterocycles. The monoisotopic (exact) mass is 274 g/mol. The molecule has 100 valence electrons. The van der Waals surface area contributed by atoms with E-state index in [9.17, 15) is 4.39 Å². The Bertz CT molecular complexity index is 528. The van der Waals surface area contributed by atoms with Gasteiger partial charge in [-0.15, -0.1) is 0 Å². The zero-order chi connectivity index (χ0) is 13.9. The van der Waals surface area contributed by atoms with Crippen LogP contribution in [-0.2, 0) is 5.41 Å². The van der Waals surface area contributed by atoms with Gasteiger partial charge in [0.1, 0.15) is 0 Å². The van der Waals surface area contributed by atoms with E-state index in [0.29, 0.717) is 0 Å². The quantitative estimate of drug-likeness (QED) is 0.643. The van der Waals surface area contributed by atoms with Gasteiger partial charge in [-0.25, -0.2) is 4.39 Å². The summed E-state index contributed by atoms with van der Waals surface area (Å²) in [7, 11) is 0. The molecule has 0 amide bonds. The molecule has 0 N–H and O–H groups in total. The molecule has 1 atom stereocenters. The number of thioether (sulfide) groups is 1. The van der Waals surface area contributed by atoms with Gasteiger partial charge < -0.3 is 0 Å². The van der Waals surface area contributed by atoms with Crippen LogP contribution in [0.25, 0.3) is 0 Å². The van der Waals surface area contributed by atoms with Crippen molar-refractivity contribution in [1.82, 2.24) is 0 Å². The van der Waals surface area contributed by atoms with E-state index in [2.05, 4.69) is 26.8 Å². The molecule has 0 aromatic heterocycles. The van der Waals surface area contributed by atoms with Gasteiger partial charge in [-0.1, -0.05) is 81.1 Å². The van der Waals surface area contributed by atoms with Crippen molar-refractivity contribution in [1.29, 1.82) is 0 Å². The molecule has 0 aliphatic carbocycles. The van der Waals surface area contributed by atoms with Crippen LogP contribution in [0, 0.1) is 0 Å². The fourth-order valence-electron chi connectivity index (χ4n) is 1.97. The zero-order valence-electron chi connectivity index (χ0n) is 11.6. The average Bonchev–Trinajstić information content (AvgIpc) is 2.39. The summed E-state index contributed by atoms with van der Waals surface area (Å²) in [6, 6.07) is 17.4. The molecular formula is C17H19FS. The van der Waals surface area contributed by atoms with Crippen LogP contribution in [-0.4, -0.2) is 0 Å². The van der Waals surface area contributed by atoms with Crippen LogP contribution >= 0.6 is 11.8 Å². The maximum absolute atomic E-state index is 14.4. The maximum atomic E-state index is 14.4. The standard InChI is InChI=1S/C17H19FS/c1-17(2,3)14-11-7-8-12-15(14)19-16(18)13-9-5-4-6-10-13/h4-12,16H,1-3H3. The topological polar surface area (TPSA) is 0 Å². The van der Waals surface area contributed by atoms with E-state index in [0.717, 1.165) is 10.5 Å². The predicted octanol–water partition coefficient (Wildman–Crippen LogP) is 5.74. The minimum Gasteiger partial charge on any atom is -0.230 e. The highest BCUT2D eigenvalue weighted by atomic mass is 32.2. The highest BCUT2D eigenvalue weighted by Crippen LogP contribution is 2.41. The van der Waals surface area contributed by atoms with Crippen LogP contribution in [0.2, 0.25) is 0 Å². The Balaban J connectivity index is 2.25. The number of benzene rings is 2. The molecule has 2 rings (SSSR count). The first-order chi connectivity index (χ1) is 8.98. The minimum absolute atomic E-state index is 0.0278. The summed E-state index contributed by atoms with van der Waals surface area (Å²) in [6.45, 7) is 6.46. The summed E-state index contributed by atoms with van der Waals surface area (Å²) in [5.74, 6) is 0. The summed E-state index contributed by atoms with van der Waals surface area (Å²) in [6.07, 6.45) is 0. The van der Waals surface area contributed by atoms with Gasteiger partial charge in [-0.3, -0.25) is 0 Å². The normalized spacial score (nSPS) is 13.3. The summed E-state index contributed by atoms with van der Waals surface area (Å²) in [4.78, 5) is 1.02. The van der Waals surface area contributed by atoms with E-state index in [1.807, 2.05) is 48.5 Å². The first-order valence-corrected chi connectivity index (χ1v) is 7.31. The lowest BCUT2D eigenvalue weighted by atomic mass is 9.87. The van der Waals surface area contributed by atoms with E-state index in [1.54, 1.807) is 0 Å². The Morgan fingerprint density at radius 3 is 2.11 bits per heavy atom. The summed E-state index contributed by atoms with van der Waals surface area (Å²) < 4.78 is 14.4. The van der Waals surface area contributed by atoms with Gasteiger partial charge in [0.2, 0.25) is 0 Å². The SMILES string of the molecule is CC(C)(C)c1ccccc1SC(F)c1ccccc1. The Labute approximate surface area is 119 Å². The smallest absolute Gasteiger partial charge is 0.175 e. The Morgan fingerprint density at radius 2 is 1.47 bits per heavy atom. The third-order valence-electron chi connectivity index (χ3n) is 2.99. The fourth-order valence-corrected chi connectivity index (χ4v) is 3.15. The lowest BCUT2D eigenvalue weighted by Crippen LogP contribution is -2.12. The zero-order valence-corrected chi connectivity index (χ0v) is 12.4. The van der Waals surface area contributed by atoms with E-state index in [-0.39, 0.29) is 5.41 Å². The van der Waals surface area contributed by atoms with Crippen molar-refractivity contribution in [2.75, 3.05) is 0 Å². The molecule has 0 saturated heterocycles. The molecule has 2 heteroatoms. The number of rotatable bonds is 3. The van der Waals surface area contributed by atoms with Gasteiger partial charge in [0.25, 0.3) is 0 Å². The first kappa shape index (κ1) is 14.1. The molecule has 0 radical (unpaired) electrons. The second-order valence-electron chi connectivity index (χ2n) is 5.59. The Kier molecular flexibility index (Phi) is 4.31. The van der Waals surface area contributed by atoms with Gasteiger partial charge in [-0.2, -0.15) is 0 Å². The summed E-state index contributed by atoms with van der Waals surface area (Å²) in [5, 5.41) is 0. The van der Waals surface area contributed by atoms with Crippen LogP contribution in [0.4, 0.5) is 4.39 Å². The molecule has 0 aliphatic rings.